The quantitative estimate of drug-likeness (QED) is 0.879. The molecule has 3 atom stereocenters. The van der Waals surface area contributed by atoms with Gasteiger partial charge in [-0.15, -0.1) is 0 Å². The summed E-state index contributed by atoms with van der Waals surface area (Å²) in [5.74, 6) is -1.21. The molecule has 3 rings (SSSR count). The maximum Gasteiger partial charge on any atom is 0.320 e. The van der Waals surface area contributed by atoms with Crippen molar-refractivity contribution in [2.24, 2.45) is 5.92 Å². The van der Waals surface area contributed by atoms with Crippen LogP contribution in [0.1, 0.15) is 18.0 Å². The van der Waals surface area contributed by atoms with Crippen molar-refractivity contribution in [1.82, 2.24) is 14.8 Å². The summed E-state index contributed by atoms with van der Waals surface area (Å²) in [6, 6.07) is 3.53. The minimum absolute atomic E-state index is 0.0226. The average Bonchev–Trinajstić information content (AvgIpc) is 3.15. The zero-order valence-electron chi connectivity index (χ0n) is 10.6. The Morgan fingerprint density at radius 2 is 2.11 bits per heavy atom. The third kappa shape index (κ3) is 1.93. The molecular weight excluding hydrogens is 246 g/mol. The Balaban J connectivity index is 1.77. The number of likely N-dealkylation sites (N-methyl/N-ethyl adjacent to an activating group) is 1. The van der Waals surface area contributed by atoms with E-state index in [1.807, 2.05) is 12.1 Å². The molecule has 2 aliphatic rings. The lowest BCUT2D eigenvalue weighted by Gasteiger charge is -2.17. The van der Waals surface area contributed by atoms with Crippen LogP contribution in [-0.2, 0) is 4.79 Å². The molecule has 0 bridgehead atoms. The van der Waals surface area contributed by atoms with Crippen LogP contribution in [0.25, 0.3) is 0 Å². The van der Waals surface area contributed by atoms with E-state index in [1.54, 1.807) is 29.2 Å². The molecule has 100 valence electrons. The number of nitrogens with zero attached hydrogens (tertiary/aromatic N) is 3. The Kier molecular flexibility index (Phi) is 2.66. The number of aromatic nitrogens is 1. The second-order valence-corrected chi connectivity index (χ2v) is 5.09. The summed E-state index contributed by atoms with van der Waals surface area (Å²) in [7, 11) is 1.76. The molecule has 1 N–H and O–H groups in total. The first-order valence-electron chi connectivity index (χ1n) is 6.25. The number of carboxylic acid groups (broad SMARTS) is 1. The number of urea groups is 1. The third-order valence-electron chi connectivity index (χ3n) is 3.95. The topological polar surface area (TPSA) is 73.7 Å². The van der Waals surface area contributed by atoms with Crippen LogP contribution in [0.3, 0.4) is 0 Å². The molecule has 2 fully saturated rings. The van der Waals surface area contributed by atoms with E-state index >= 15 is 0 Å². The molecule has 1 aromatic heterocycles. The van der Waals surface area contributed by atoms with Gasteiger partial charge in [0.15, 0.2) is 0 Å². The zero-order valence-corrected chi connectivity index (χ0v) is 10.6. The molecule has 2 heterocycles. The van der Waals surface area contributed by atoms with Gasteiger partial charge in [-0.3, -0.25) is 9.78 Å². The van der Waals surface area contributed by atoms with Gasteiger partial charge in [0.25, 0.3) is 0 Å². The van der Waals surface area contributed by atoms with E-state index in [0.717, 1.165) is 5.56 Å². The van der Waals surface area contributed by atoms with Crippen molar-refractivity contribution in [3.05, 3.63) is 30.1 Å². The molecule has 1 saturated carbocycles. The van der Waals surface area contributed by atoms with Crippen LogP contribution in [0.2, 0.25) is 0 Å². The fraction of sp³-hybridized carbons (Fsp3) is 0.462. The monoisotopic (exact) mass is 261 g/mol. The largest absolute Gasteiger partial charge is 0.481 e. The highest BCUT2D eigenvalue weighted by molar-refractivity contribution is 5.81. The fourth-order valence-electron chi connectivity index (χ4n) is 2.71. The number of carbonyl (C=O) groups is 2. The van der Waals surface area contributed by atoms with E-state index in [1.165, 1.54) is 0 Å². The Hall–Kier alpha value is -2.11. The molecule has 1 saturated heterocycles. The molecule has 1 aliphatic carbocycles. The number of carbonyl (C=O) groups excluding carboxylic acids is 1. The van der Waals surface area contributed by atoms with E-state index in [9.17, 15) is 9.59 Å². The number of hydrogen-bond acceptors (Lipinski definition) is 3. The minimum atomic E-state index is -0.812. The summed E-state index contributed by atoms with van der Waals surface area (Å²) in [4.78, 5) is 30.4. The van der Waals surface area contributed by atoms with Crippen molar-refractivity contribution in [3.63, 3.8) is 0 Å². The molecule has 2 amide bonds. The van der Waals surface area contributed by atoms with Gasteiger partial charge in [-0.2, -0.15) is 0 Å². The summed E-state index contributed by atoms with van der Waals surface area (Å²) in [6.07, 6.45) is 3.97. The Bertz CT molecular complexity index is 519. The Morgan fingerprint density at radius 1 is 1.42 bits per heavy atom. The number of aliphatic carboxylic acids is 1. The van der Waals surface area contributed by atoms with Gasteiger partial charge < -0.3 is 14.9 Å². The van der Waals surface area contributed by atoms with Crippen LogP contribution in [0, 0.1) is 5.92 Å². The first-order chi connectivity index (χ1) is 9.09. The second-order valence-electron chi connectivity index (χ2n) is 5.09. The van der Waals surface area contributed by atoms with Crippen LogP contribution >= 0.6 is 0 Å². The predicted molar refractivity (Wildman–Crippen MR) is 66.4 cm³/mol. The molecule has 0 aromatic carbocycles. The summed E-state index contributed by atoms with van der Waals surface area (Å²) in [6.45, 7) is 0.549. The standard InChI is InChI=1S/C13H15N3O3/c1-15-11(8-2-4-14-5-3-8)7-16(13(15)19)10-6-9(10)12(17)18/h2-5,9-11H,6-7H2,1H3,(H,17,18). The highest BCUT2D eigenvalue weighted by Crippen LogP contribution is 2.41. The lowest BCUT2D eigenvalue weighted by Crippen LogP contribution is -2.33. The van der Waals surface area contributed by atoms with Gasteiger partial charge in [0.2, 0.25) is 0 Å². The molecule has 1 aliphatic heterocycles. The van der Waals surface area contributed by atoms with Gasteiger partial charge in [-0.25, -0.2) is 4.79 Å². The third-order valence-corrected chi connectivity index (χ3v) is 3.95. The molecular formula is C13H15N3O3. The van der Waals surface area contributed by atoms with Crippen molar-refractivity contribution in [3.8, 4) is 0 Å². The van der Waals surface area contributed by atoms with Crippen molar-refractivity contribution >= 4 is 12.0 Å². The SMILES string of the molecule is CN1C(=O)N(C2CC2C(=O)O)CC1c1ccncc1. The first-order valence-corrected chi connectivity index (χ1v) is 6.25. The normalized spacial score (nSPS) is 29.7. The average molecular weight is 261 g/mol. The van der Waals surface area contributed by atoms with Crippen LogP contribution in [0.15, 0.2) is 24.5 Å². The molecule has 0 radical (unpaired) electrons. The highest BCUT2D eigenvalue weighted by atomic mass is 16.4. The first kappa shape index (κ1) is 12.0. The van der Waals surface area contributed by atoms with E-state index in [2.05, 4.69) is 4.98 Å². The van der Waals surface area contributed by atoms with E-state index in [0.29, 0.717) is 13.0 Å². The molecule has 6 heteroatoms. The molecule has 6 nitrogen and oxygen atoms in total. The van der Waals surface area contributed by atoms with Crippen LogP contribution in [0.4, 0.5) is 4.79 Å². The fourth-order valence-corrected chi connectivity index (χ4v) is 2.71. The summed E-state index contributed by atoms with van der Waals surface area (Å²) >= 11 is 0. The van der Waals surface area contributed by atoms with Gasteiger partial charge in [0.05, 0.1) is 12.0 Å². The van der Waals surface area contributed by atoms with Gasteiger partial charge in [-0.05, 0) is 24.1 Å². The minimum Gasteiger partial charge on any atom is -0.481 e. The zero-order chi connectivity index (χ0) is 13.6. The Labute approximate surface area is 110 Å². The van der Waals surface area contributed by atoms with Crippen molar-refractivity contribution in [1.29, 1.82) is 0 Å². The van der Waals surface area contributed by atoms with Gasteiger partial charge in [0, 0.05) is 32.0 Å². The number of pyridine rings is 1. The summed E-state index contributed by atoms with van der Waals surface area (Å²) in [5, 5.41) is 8.96. The number of carboxylic acids is 1. The molecule has 1 aromatic rings. The number of amides is 2. The highest BCUT2D eigenvalue weighted by Gasteiger charge is 2.52. The van der Waals surface area contributed by atoms with E-state index in [4.69, 9.17) is 5.11 Å². The second kappa shape index (κ2) is 4.22. The maximum atomic E-state index is 12.2. The predicted octanol–water partition coefficient (Wildman–Crippen LogP) is 0.963. The number of hydrogen-bond donors (Lipinski definition) is 1. The molecule has 19 heavy (non-hydrogen) atoms. The molecule has 3 unspecified atom stereocenters. The maximum absolute atomic E-state index is 12.2. The Morgan fingerprint density at radius 3 is 2.68 bits per heavy atom. The van der Waals surface area contributed by atoms with Crippen molar-refractivity contribution < 1.29 is 14.7 Å². The molecule has 0 spiro atoms. The van der Waals surface area contributed by atoms with Crippen LogP contribution < -0.4 is 0 Å². The number of rotatable bonds is 3. The van der Waals surface area contributed by atoms with Gasteiger partial charge in [-0.1, -0.05) is 0 Å². The lowest BCUT2D eigenvalue weighted by molar-refractivity contribution is -0.138. The van der Waals surface area contributed by atoms with E-state index in [-0.39, 0.29) is 18.1 Å². The van der Waals surface area contributed by atoms with Crippen LogP contribution in [-0.4, -0.2) is 51.5 Å². The summed E-state index contributed by atoms with van der Waals surface area (Å²) in [5.41, 5.74) is 1.03. The van der Waals surface area contributed by atoms with E-state index < -0.39 is 11.9 Å². The van der Waals surface area contributed by atoms with Gasteiger partial charge >= 0.3 is 12.0 Å². The van der Waals surface area contributed by atoms with Gasteiger partial charge in [0.1, 0.15) is 0 Å². The lowest BCUT2D eigenvalue weighted by atomic mass is 10.1. The smallest absolute Gasteiger partial charge is 0.320 e. The summed E-state index contributed by atoms with van der Waals surface area (Å²) < 4.78 is 0. The van der Waals surface area contributed by atoms with Crippen LogP contribution in [0.5, 0.6) is 0 Å². The van der Waals surface area contributed by atoms with Crippen molar-refractivity contribution in [2.45, 2.75) is 18.5 Å². The van der Waals surface area contributed by atoms with Crippen molar-refractivity contribution in [2.75, 3.05) is 13.6 Å².